The summed E-state index contributed by atoms with van der Waals surface area (Å²) in [5.41, 5.74) is 2.14. The Morgan fingerprint density at radius 1 is 0.943 bits per heavy atom. The van der Waals surface area contributed by atoms with Gasteiger partial charge in [-0.05, 0) is 43.2 Å². The zero-order chi connectivity index (χ0) is 26.1. The largest absolute Gasteiger partial charge is 0.468 e. The van der Waals surface area contributed by atoms with E-state index in [2.05, 4.69) is 20.4 Å². The molecule has 3 rings (SSSR count). The second kappa shape index (κ2) is 12.7. The predicted octanol–water partition coefficient (Wildman–Crippen LogP) is 3.55. The molecule has 0 bridgehead atoms. The maximum atomic E-state index is 12.2. The van der Waals surface area contributed by atoms with Gasteiger partial charge in [0.1, 0.15) is 12.4 Å². The quantitative estimate of drug-likeness (QED) is 0.498. The van der Waals surface area contributed by atoms with E-state index in [4.69, 9.17) is 23.2 Å². The fraction of sp³-hybridized carbons (Fsp3) is 0.208. The molecule has 35 heavy (non-hydrogen) atoms. The number of nitrogens with zero attached hydrogens (tertiary/aromatic N) is 2. The van der Waals surface area contributed by atoms with Gasteiger partial charge in [-0.3, -0.25) is 14.4 Å². The molecule has 0 aliphatic rings. The van der Waals surface area contributed by atoms with Crippen LogP contribution in [0.2, 0.25) is 10.0 Å². The van der Waals surface area contributed by atoms with Gasteiger partial charge in [0.2, 0.25) is 0 Å². The standard InChI is InChI=1S/C14H15N3O2.C10H9Cl2NO3/c1-9-5-4-6-10(2)12(9)13(18)15-11-7-8-17(3)14(19)16-11;1-16-8(14)5-13-10(15)9-6(11)3-2-4-7(9)12/h4-8H,1-3H3,(H,15,16,18,19);2-4H,5H2,1H3,(H,13,15). The zero-order valence-corrected chi connectivity index (χ0v) is 21.0. The first-order valence-electron chi connectivity index (χ1n) is 10.3. The molecule has 2 N–H and O–H groups in total. The minimum atomic E-state index is -0.545. The minimum Gasteiger partial charge on any atom is -0.468 e. The number of hydrogen-bond acceptors (Lipinski definition) is 6. The van der Waals surface area contributed by atoms with Gasteiger partial charge in [0, 0.05) is 18.8 Å². The molecule has 1 aromatic heterocycles. The molecule has 3 aromatic rings. The summed E-state index contributed by atoms with van der Waals surface area (Å²) in [5, 5.41) is 5.46. The lowest BCUT2D eigenvalue weighted by Crippen LogP contribution is -2.30. The molecule has 1 heterocycles. The highest BCUT2D eigenvalue weighted by Crippen LogP contribution is 2.23. The van der Waals surface area contributed by atoms with E-state index in [0.29, 0.717) is 5.56 Å². The molecule has 0 aliphatic heterocycles. The Balaban J connectivity index is 0.000000251. The van der Waals surface area contributed by atoms with Crippen molar-refractivity contribution in [2.45, 2.75) is 13.8 Å². The summed E-state index contributed by atoms with van der Waals surface area (Å²) in [4.78, 5) is 49.8. The minimum absolute atomic E-state index is 0.148. The summed E-state index contributed by atoms with van der Waals surface area (Å²) in [5.74, 6) is -1.05. The van der Waals surface area contributed by atoms with Crippen molar-refractivity contribution in [2.24, 2.45) is 7.05 Å². The van der Waals surface area contributed by atoms with Gasteiger partial charge in [-0.25, -0.2) is 4.79 Å². The van der Waals surface area contributed by atoms with Crippen LogP contribution in [0.3, 0.4) is 0 Å². The molecule has 9 nitrogen and oxygen atoms in total. The van der Waals surface area contributed by atoms with Gasteiger partial charge >= 0.3 is 11.7 Å². The van der Waals surface area contributed by atoms with Crippen LogP contribution in [0.4, 0.5) is 5.82 Å². The summed E-state index contributed by atoms with van der Waals surface area (Å²) in [6, 6.07) is 12.0. The van der Waals surface area contributed by atoms with Crippen molar-refractivity contribution < 1.29 is 19.1 Å². The third-order valence-corrected chi connectivity index (χ3v) is 5.36. The molecule has 0 aliphatic carbocycles. The van der Waals surface area contributed by atoms with Gasteiger partial charge < -0.3 is 19.9 Å². The number of esters is 1. The fourth-order valence-corrected chi connectivity index (χ4v) is 3.48. The van der Waals surface area contributed by atoms with Gasteiger partial charge in [-0.15, -0.1) is 0 Å². The van der Waals surface area contributed by atoms with Crippen LogP contribution >= 0.6 is 23.2 Å². The second-order valence-electron chi connectivity index (χ2n) is 7.28. The predicted molar refractivity (Wildman–Crippen MR) is 134 cm³/mol. The lowest BCUT2D eigenvalue weighted by atomic mass is 10.0. The Labute approximate surface area is 212 Å². The number of halogens is 2. The molecule has 0 unspecified atom stereocenters. The lowest BCUT2D eigenvalue weighted by molar-refractivity contribution is -0.139. The van der Waals surface area contributed by atoms with Crippen molar-refractivity contribution in [3.63, 3.8) is 0 Å². The number of nitrogens with one attached hydrogen (secondary N) is 2. The number of ether oxygens (including phenoxy) is 1. The van der Waals surface area contributed by atoms with Crippen LogP contribution in [0.15, 0.2) is 53.5 Å². The maximum Gasteiger partial charge on any atom is 0.349 e. The van der Waals surface area contributed by atoms with Crippen LogP contribution < -0.4 is 16.3 Å². The Morgan fingerprint density at radius 3 is 2.06 bits per heavy atom. The monoisotopic (exact) mass is 518 g/mol. The molecular weight excluding hydrogens is 495 g/mol. The molecule has 2 aromatic carbocycles. The van der Waals surface area contributed by atoms with E-state index < -0.39 is 17.6 Å². The van der Waals surface area contributed by atoms with Crippen LogP contribution in [-0.2, 0) is 16.6 Å². The smallest absolute Gasteiger partial charge is 0.349 e. The number of aromatic nitrogens is 2. The van der Waals surface area contributed by atoms with E-state index in [1.807, 2.05) is 32.0 Å². The van der Waals surface area contributed by atoms with Crippen molar-refractivity contribution in [3.8, 4) is 0 Å². The Morgan fingerprint density at radius 2 is 1.51 bits per heavy atom. The first-order chi connectivity index (χ1) is 16.5. The van der Waals surface area contributed by atoms with Crippen LogP contribution in [0.1, 0.15) is 31.8 Å². The number of amides is 2. The van der Waals surface area contributed by atoms with Crippen molar-refractivity contribution in [3.05, 3.63) is 91.4 Å². The Bertz CT molecular complexity index is 1270. The van der Waals surface area contributed by atoms with Gasteiger partial charge in [0.05, 0.1) is 22.7 Å². The van der Waals surface area contributed by atoms with Gasteiger partial charge in [-0.1, -0.05) is 47.5 Å². The van der Waals surface area contributed by atoms with Crippen molar-refractivity contribution in [2.75, 3.05) is 19.0 Å². The van der Waals surface area contributed by atoms with E-state index in [9.17, 15) is 19.2 Å². The molecule has 0 atom stereocenters. The third-order valence-electron chi connectivity index (χ3n) is 4.73. The van der Waals surface area contributed by atoms with Gasteiger partial charge in [0.15, 0.2) is 0 Å². The van der Waals surface area contributed by atoms with Crippen molar-refractivity contribution >= 4 is 46.8 Å². The first kappa shape index (κ1) is 27.6. The van der Waals surface area contributed by atoms with E-state index in [-0.39, 0.29) is 33.9 Å². The molecule has 2 amide bonds. The van der Waals surface area contributed by atoms with Crippen molar-refractivity contribution in [1.82, 2.24) is 14.9 Å². The topological polar surface area (TPSA) is 119 Å². The lowest BCUT2D eigenvalue weighted by Gasteiger charge is -2.09. The number of rotatable bonds is 5. The fourth-order valence-electron chi connectivity index (χ4n) is 2.91. The summed E-state index contributed by atoms with van der Waals surface area (Å²) >= 11 is 11.6. The summed E-state index contributed by atoms with van der Waals surface area (Å²) < 4.78 is 5.72. The Kier molecular flexibility index (Phi) is 9.98. The van der Waals surface area contributed by atoms with E-state index in [1.165, 1.54) is 11.7 Å². The number of aryl methyl sites for hydroxylation is 3. The molecular formula is C24H24Cl2N4O5. The molecule has 0 saturated carbocycles. The van der Waals surface area contributed by atoms with Crippen LogP contribution in [0, 0.1) is 13.8 Å². The van der Waals surface area contributed by atoms with Crippen LogP contribution in [-0.4, -0.2) is 41.0 Å². The van der Waals surface area contributed by atoms with Crippen LogP contribution in [0.25, 0.3) is 0 Å². The first-order valence-corrected chi connectivity index (χ1v) is 11.0. The molecule has 11 heteroatoms. The molecule has 184 valence electrons. The number of carbonyl (C=O) groups excluding carboxylic acids is 3. The number of anilines is 1. The highest BCUT2D eigenvalue weighted by Gasteiger charge is 2.15. The number of benzene rings is 2. The average molecular weight is 519 g/mol. The molecule has 0 spiro atoms. The summed E-state index contributed by atoms with van der Waals surface area (Å²) in [6.07, 6.45) is 1.57. The highest BCUT2D eigenvalue weighted by molar-refractivity contribution is 6.39. The maximum absolute atomic E-state index is 12.2. The second-order valence-corrected chi connectivity index (χ2v) is 8.10. The van der Waals surface area contributed by atoms with Crippen LogP contribution in [0.5, 0.6) is 0 Å². The Hall–Kier alpha value is -3.69. The van der Waals surface area contributed by atoms with Gasteiger partial charge in [-0.2, -0.15) is 4.98 Å². The molecule has 0 radical (unpaired) electrons. The van der Waals surface area contributed by atoms with Crippen molar-refractivity contribution in [1.29, 1.82) is 0 Å². The average Bonchev–Trinajstić information content (AvgIpc) is 2.80. The normalized spacial score (nSPS) is 10.0. The highest BCUT2D eigenvalue weighted by atomic mass is 35.5. The van der Waals surface area contributed by atoms with E-state index in [0.717, 1.165) is 11.1 Å². The number of carbonyl (C=O) groups is 3. The number of hydrogen-bond donors (Lipinski definition) is 2. The molecule has 0 saturated heterocycles. The molecule has 0 fully saturated rings. The third kappa shape index (κ3) is 7.66. The number of methoxy groups -OCH3 is 1. The zero-order valence-electron chi connectivity index (χ0n) is 19.5. The van der Waals surface area contributed by atoms with Gasteiger partial charge in [0.25, 0.3) is 11.8 Å². The van der Waals surface area contributed by atoms with E-state index in [1.54, 1.807) is 37.5 Å². The SMILES string of the molecule is COC(=O)CNC(=O)c1c(Cl)cccc1Cl.Cc1cccc(C)c1C(=O)Nc1ccn(C)c(=O)n1. The van der Waals surface area contributed by atoms with E-state index >= 15 is 0 Å². The summed E-state index contributed by atoms with van der Waals surface area (Å²) in [7, 11) is 2.84. The summed E-state index contributed by atoms with van der Waals surface area (Å²) in [6.45, 7) is 3.52.